The van der Waals surface area contributed by atoms with Gasteiger partial charge in [-0.1, -0.05) is 18.2 Å². The van der Waals surface area contributed by atoms with Crippen molar-refractivity contribution in [2.24, 2.45) is 0 Å². The van der Waals surface area contributed by atoms with Crippen LogP contribution in [0.5, 0.6) is 0 Å². The van der Waals surface area contributed by atoms with E-state index in [9.17, 15) is 0 Å². The molecule has 5 heteroatoms. The molecule has 5 nitrogen and oxygen atoms in total. The van der Waals surface area contributed by atoms with Gasteiger partial charge in [0.25, 0.3) is 0 Å². The third kappa shape index (κ3) is 3.94. The summed E-state index contributed by atoms with van der Waals surface area (Å²) in [6.07, 6.45) is 2.32. The minimum atomic E-state index is 0.292. The van der Waals surface area contributed by atoms with E-state index < -0.39 is 0 Å². The van der Waals surface area contributed by atoms with Crippen molar-refractivity contribution in [2.45, 2.75) is 12.6 Å². The summed E-state index contributed by atoms with van der Waals surface area (Å²) in [5, 5.41) is 4.68. The zero-order valence-electron chi connectivity index (χ0n) is 13.4. The van der Waals surface area contributed by atoms with Crippen LogP contribution in [0.4, 0.5) is 0 Å². The molecule has 0 bridgehead atoms. The van der Waals surface area contributed by atoms with Crippen LogP contribution < -0.4 is 0 Å². The van der Waals surface area contributed by atoms with Crippen LogP contribution in [0.3, 0.4) is 0 Å². The first-order valence-electron chi connectivity index (χ1n) is 7.79. The zero-order chi connectivity index (χ0) is 15.4. The second-order valence-electron chi connectivity index (χ2n) is 6.08. The van der Waals surface area contributed by atoms with Gasteiger partial charge in [-0.25, -0.2) is 4.68 Å². The Labute approximate surface area is 132 Å². The number of aromatic nitrogens is 2. The van der Waals surface area contributed by atoms with Gasteiger partial charge in [0, 0.05) is 32.4 Å². The van der Waals surface area contributed by atoms with E-state index in [1.807, 2.05) is 29.1 Å². The largest absolute Gasteiger partial charge is 0.374 e. The lowest BCUT2D eigenvalue weighted by Crippen LogP contribution is -2.46. The van der Waals surface area contributed by atoms with Crippen molar-refractivity contribution in [3.8, 4) is 5.69 Å². The second-order valence-corrected chi connectivity index (χ2v) is 6.08. The van der Waals surface area contributed by atoms with E-state index in [1.54, 1.807) is 0 Å². The first-order valence-corrected chi connectivity index (χ1v) is 7.79. The van der Waals surface area contributed by atoms with Crippen molar-refractivity contribution < 1.29 is 4.74 Å². The number of para-hydroxylation sites is 1. The Hall–Kier alpha value is -1.69. The van der Waals surface area contributed by atoms with E-state index in [0.717, 1.165) is 44.2 Å². The number of hydrogen-bond acceptors (Lipinski definition) is 4. The summed E-state index contributed by atoms with van der Waals surface area (Å²) in [5.74, 6) is 0. The van der Waals surface area contributed by atoms with Crippen molar-refractivity contribution >= 4 is 0 Å². The predicted molar refractivity (Wildman–Crippen MR) is 87.1 cm³/mol. The Kier molecular flexibility index (Phi) is 4.87. The van der Waals surface area contributed by atoms with E-state index in [1.165, 1.54) is 0 Å². The van der Waals surface area contributed by atoms with Crippen molar-refractivity contribution in [3.63, 3.8) is 0 Å². The quantitative estimate of drug-likeness (QED) is 0.840. The SMILES string of the molecule is CN(C)CC1CN(Cc2ccn(-c3ccccc3)n2)CCO1. The molecule has 1 atom stereocenters. The molecule has 0 radical (unpaired) electrons. The Morgan fingerprint density at radius 3 is 2.82 bits per heavy atom. The first kappa shape index (κ1) is 15.2. The Morgan fingerprint density at radius 1 is 1.23 bits per heavy atom. The summed E-state index contributed by atoms with van der Waals surface area (Å²) in [6, 6.07) is 12.3. The smallest absolute Gasteiger partial charge is 0.0829 e. The molecular formula is C17H24N4O. The molecule has 118 valence electrons. The fraction of sp³-hybridized carbons (Fsp3) is 0.471. The zero-order valence-corrected chi connectivity index (χ0v) is 13.4. The van der Waals surface area contributed by atoms with Crippen LogP contribution in [0.1, 0.15) is 5.69 Å². The standard InChI is InChI=1S/C17H24N4O/c1-19(2)13-17-14-20(10-11-22-17)12-15-8-9-21(18-15)16-6-4-3-5-7-16/h3-9,17H,10-14H2,1-2H3. The lowest BCUT2D eigenvalue weighted by Gasteiger charge is -2.33. The fourth-order valence-corrected chi connectivity index (χ4v) is 2.84. The highest BCUT2D eigenvalue weighted by Gasteiger charge is 2.21. The maximum Gasteiger partial charge on any atom is 0.0829 e. The number of hydrogen-bond donors (Lipinski definition) is 0. The molecule has 1 saturated heterocycles. The summed E-state index contributed by atoms with van der Waals surface area (Å²) < 4.78 is 7.76. The van der Waals surface area contributed by atoms with Crippen LogP contribution in [0.2, 0.25) is 0 Å². The van der Waals surface area contributed by atoms with E-state index >= 15 is 0 Å². The topological polar surface area (TPSA) is 33.5 Å². The number of likely N-dealkylation sites (N-methyl/N-ethyl adjacent to an activating group) is 1. The third-order valence-electron chi connectivity index (χ3n) is 3.84. The lowest BCUT2D eigenvalue weighted by atomic mass is 10.2. The van der Waals surface area contributed by atoms with Crippen LogP contribution in [0.15, 0.2) is 42.6 Å². The molecule has 1 aliphatic rings. The van der Waals surface area contributed by atoms with E-state index in [-0.39, 0.29) is 0 Å². The molecule has 2 aromatic rings. The van der Waals surface area contributed by atoms with Crippen LogP contribution in [0, 0.1) is 0 Å². The summed E-state index contributed by atoms with van der Waals surface area (Å²) in [7, 11) is 4.17. The van der Waals surface area contributed by atoms with Crippen LogP contribution in [-0.4, -0.2) is 66.0 Å². The monoisotopic (exact) mass is 300 g/mol. The lowest BCUT2D eigenvalue weighted by molar-refractivity contribution is -0.0410. The normalized spacial score (nSPS) is 19.7. The van der Waals surface area contributed by atoms with Gasteiger partial charge in [-0.3, -0.25) is 4.90 Å². The van der Waals surface area contributed by atoms with Gasteiger partial charge in [-0.15, -0.1) is 0 Å². The fourth-order valence-electron chi connectivity index (χ4n) is 2.84. The molecular weight excluding hydrogens is 276 g/mol. The molecule has 3 rings (SSSR count). The molecule has 0 spiro atoms. The van der Waals surface area contributed by atoms with Crippen LogP contribution in [-0.2, 0) is 11.3 Å². The van der Waals surface area contributed by atoms with Gasteiger partial charge in [0.05, 0.1) is 24.1 Å². The minimum absolute atomic E-state index is 0.292. The Morgan fingerprint density at radius 2 is 2.05 bits per heavy atom. The predicted octanol–water partition coefficient (Wildman–Crippen LogP) is 1.63. The molecule has 1 unspecified atom stereocenters. The maximum absolute atomic E-state index is 5.82. The van der Waals surface area contributed by atoms with Crippen molar-refractivity contribution in [1.29, 1.82) is 0 Å². The molecule has 0 aliphatic carbocycles. The average molecular weight is 300 g/mol. The van der Waals surface area contributed by atoms with Crippen molar-refractivity contribution in [1.82, 2.24) is 19.6 Å². The summed E-state index contributed by atoms with van der Waals surface area (Å²) >= 11 is 0. The minimum Gasteiger partial charge on any atom is -0.374 e. The number of morpholine rings is 1. The molecule has 0 saturated carbocycles. The first-order chi connectivity index (χ1) is 10.7. The summed E-state index contributed by atoms with van der Waals surface area (Å²) in [6.45, 7) is 4.60. The highest BCUT2D eigenvalue weighted by molar-refractivity contribution is 5.30. The molecule has 22 heavy (non-hydrogen) atoms. The Bertz CT molecular complexity index is 581. The number of ether oxygens (including phenoxy) is 1. The van der Waals surface area contributed by atoms with Gasteiger partial charge in [0.2, 0.25) is 0 Å². The molecule has 1 aromatic heterocycles. The van der Waals surface area contributed by atoms with E-state index in [4.69, 9.17) is 4.74 Å². The second kappa shape index (κ2) is 7.05. The van der Waals surface area contributed by atoms with Gasteiger partial charge in [0.15, 0.2) is 0 Å². The van der Waals surface area contributed by atoms with Crippen molar-refractivity contribution in [3.05, 3.63) is 48.3 Å². The number of rotatable bonds is 5. The highest BCUT2D eigenvalue weighted by Crippen LogP contribution is 2.12. The van der Waals surface area contributed by atoms with Gasteiger partial charge in [-0.05, 0) is 32.3 Å². The molecule has 0 amide bonds. The van der Waals surface area contributed by atoms with Gasteiger partial charge >= 0.3 is 0 Å². The average Bonchev–Trinajstić information content (AvgIpc) is 2.96. The van der Waals surface area contributed by atoms with Crippen molar-refractivity contribution in [2.75, 3.05) is 40.3 Å². The van der Waals surface area contributed by atoms with Crippen LogP contribution in [0.25, 0.3) is 5.69 Å². The molecule has 1 fully saturated rings. The van der Waals surface area contributed by atoms with E-state index in [0.29, 0.717) is 6.10 Å². The summed E-state index contributed by atoms with van der Waals surface area (Å²) in [5.41, 5.74) is 2.20. The molecule has 1 aliphatic heterocycles. The number of nitrogens with zero attached hydrogens (tertiary/aromatic N) is 4. The Balaban J connectivity index is 1.60. The van der Waals surface area contributed by atoms with Gasteiger partial charge in [0.1, 0.15) is 0 Å². The molecule has 2 heterocycles. The number of benzene rings is 1. The van der Waals surface area contributed by atoms with Crippen LogP contribution >= 0.6 is 0 Å². The molecule has 0 N–H and O–H groups in total. The third-order valence-corrected chi connectivity index (χ3v) is 3.84. The van der Waals surface area contributed by atoms with Gasteiger partial charge < -0.3 is 9.64 Å². The molecule has 1 aromatic carbocycles. The summed E-state index contributed by atoms with van der Waals surface area (Å²) in [4.78, 5) is 4.60. The van der Waals surface area contributed by atoms with Gasteiger partial charge in [-0.2, -0.15) is 5.10 Å². The highest BCUT2D eigenvalue weighted by atomic mass is 16.5. The van der Waals surface area contributed by atoms with E-state index in [2.05, 4.69) is 47.2 Å². The maximum atomic E-state index is 5.82.